The fraction of sp³-hybridized carbons (Fsp3) is 0.167. The van der Waals surface area contributed by atoms with Crippen LogP contribution in [0.25, 0.3) is 0 Å². The Morgan fingerprint density at radius 1 is 1.03 bits per heavy atom. The molecule has 0 aliphatic heterocycles. The minimum absolute atomic E-state index is 0.225. The Labute approximate surface area is 216 Å². The normalized spacial score (nSPS) is 10.8. The van der Waals surface area contributed by atoms with Gasteiger partial charge < -0.3 is 19.6 Å². The third-order valence-corrected chi connectivity index (χ3v) is 5.53. The number of halogens is 3. The molecule has 9 heteroatoms. The van der Waals surface area contributed by atoms with E-state index in [4.69, 9.17) is 37.5 Å². The van der Waals surface area contributed by atoms with E-state index in [1.165, 1.54) is 6.21 Å². The number of hydrogen-bond donors (Lipinski definition) is 1. The van der Waals surface area contributed by atoms with Crippen LogP contribution in [0.4, 0.5) is 5.69 Å². The summed E-state index contributed by atoms with van der Waals surface area (Å²) in [5.41, 5.74) is 2.37. The van der Waals surface area contributed by atoms with Gasteiger partial charge in [-0.3, -0.25) is 4.79 Å². The van der Waals surface area contributed by atoms with Crippen LogP contribution >= 0.6 is 45.8 Å². The van der Waals surface area contributed by atoms with Gasteiger partial charge in [0.2, 0.25) is 0 Å². The Bertz CT molecular complexity index is 1110. The Morgan fingerprint density at radius 3 is 2.36 bits per heavy atom. The number of ether oxygens (including phenoxy) is 2. The lowest BCUT2D eigenvalue weighted by Gasteiger charge is -2.14. The molecule has 0 unspecified atom stereocenters. The first kappa shape index (κ1) is 25.1. The number of nitrogens with one attached hydrogen (secondary N) is 1. The molecule has 172 valence electrons. The van der Waals surface area contributed by atoms with Crippen LogP contribution in [0.1, 0.15) is 18.1 Å². The Balaban J connectivity index is 1.59. The maximum Gasteiger partial charge on any atom is 0.265 e. The van der Waals surface area contributed by atoms with E-state index >= 15 is 0 Å². The van der Waals surface area contributed by atoms with Crippen molar-refractivity contribution in [3.8, 4) is 11.5 Å². The summed E-state index contributed by atoms with van der Waals surface area (Å²) in [4.78, 5) is 17.1. The molecular weight excluding hydrogens is 578 g/mol. The maximum absolute atomic E-state index is 12.0. The summed E-state index contributed by atoms with van der Waals surface area (Å²) in [6, 6.07) is 18.0. The van der Waals surface area contributed by atoms with Crippen molar-refractivity contribution in [1.82, 2.24) is 0 Å². The summed E-state index contributed by atoms with van der Waals surface area (Å²) >= 11 is 14.0. The molecule has 0 radical (unpaired) electrons. The van der Waals surface area contributed by atoms with Crippen molar-refractivity contribution in [3.63, 3.8) is 0 Å². The molecule has 3 aromatic carbocycles. The van der Waals surface area contributed by atoms with Crippen LogP contribution in [0.5, 0.6) is 11.5 Å². The van der Waals surface area contributed by atoms with Crippen molar-refractivity contribution >= 4 is 63.6 Å². The quantitative estimate of drug-likeness (QED) is 0.163. The first-order valence-electron chi connectivity index (χ1n) is 9.99. The predicted molar refractivity (Wildman–Crippen MR) is 140 cm³/mol. The zero-order chi connectivity index (χ0) is 23.6. The Morgan fingerprint density at radius 2 is 1.70 bits per heavy atom. The van der Waals surface area contributed by atoms with Crippen molar-refractivity contribution in [1.29, 1.82) is 0 Å². The molecule has 0 atom stereocenters. The molecule has 0 aliphatic carbocycles. The first-order chi connectivity index (χ1) is 15.9. The molecule has 33 heavy (non-hydrogen) atoms. The molecule has 0 aliphatic rings. The number of benzene rings is 3. The van der Waals surface area contributed by atoms with Crippen LogP contribution < -0.4 is 14.8 Å². The number of carbonyl (C=O) groups is 1. The van der Waals surface area contributed by atoms with Crippen molar-refractivity contribution < 1.29 is 19.1 Å². The molecule has 1 N–H and O–H groups in total. The summed E-state index contributed by atoms with van der Waals surface area (Å²) in [5, 5.41) is 7.86. The molecule has 3 aromatic rings. The fourth-order valence-electron chi connectivity index (χ4n) is 2.73. The van der Waals surface area contributed by atoms with Crippen LogP contribution in [-0.2, 0) is 16.2 Å². The van der Waals surface area contributed by atoms with E-state index < -0.39 is 0 Å². The lowest BCUT2D eigenvalue weighted by Crippen LogP contribution is -2.16. The number of hydrogen-bond acceptors (Lipinski definition) is 5. The van der Waals surface area contributed by atoms with Crippen LogP contribution in [0.3, 0.4) is 0 Å². The Hall–Kier alpha value is -2.49. The molecule has 0 spiro atoms. The van der Waals surface area contributed by atoms with E-state index in [-0.39, 0.29) is 12.5 Å². The summed E-state index contributed by atoms with van der Waals surface area (Å²) in [5.74, 6) is 0.915. The van der Waals surface area contributed by atoms with E-state index in [1.54, 1.807) is 24.3 Å². The van der Waals surface area contributed by atoms with E-state index in [0.29, 0.717) is 40.4 Å². The fourth-order valence-corrected chi connectivity index (χ4v) is 3.76. The third kappa shape index (κ3) is 8.10. The number of anilines is 1. The molecule has 0 bridgehead atoms. The second-order valence-corrected chi connectivity index (χ2v) is 8.78. The molecule has 3 rings (SSSR count). The first-order valence-corrected chi connectivity index (χ1v) is 11.8. The largest absolute Gasteiger partial charge is 0.490 e. The molecular formula is C24H21Cl2IN2O4. The number of rotatable bonds is 10. The van der Waals surface area contributed by atoms with Gasteiger partial charge in [0, 0.05) is 21.3 Å². The van der Waals surface area contributed by atoms with E-state index in [9.17, 15) is 4.79 Å². The van der Waals surface area contributed by atoms with Crippen LogP contribution in [0.2, 0.25) is 10.0 Å². The number of amides is 1. The summed E-state index contributed by atoms with van der Waals surface area (Å²) in [7, 11) is 0. The minimum atomic E-state index is -0.329. The van der Waals surface area contributed by atoms with Crippen molar-refractivity contribution in [2.24, 2.45) is 5.16 Å². The molecule has 0 saturated heterocycles. The second-order valence-electron chi connectivity index (χ2n) is 6.74. The van der Waals surface area contributed by atoms with Crippen LogP contribution in [0.15, 0.2) is 65.8 Å². The minimum Gasteiger partial charge on any atom is -0.490 e. The predicted octanol–water partition coefficient (Wildman–Crippen LogP) is 6.56. The second kappa shape index (κ2) is 12.7. The van der Waals surface area contributed by atoms with Gasteiger partial charge >= 0.3 is 0 Å². The maximum atomic E-state index is 12.0. The van der Waals surface area contributed by atoms with Gasteiger partial charge in [0.1, 0.15) is 6.61 Å². The zero-order valence-electron chi connectivity index (χ0n) is 17.7. The lowest BCUT2D eigenvalue weighted by atomic mass is 10.2. The number of carbonyl (C=O) groups excluding carboxylic acids is 1. The average molecular weight is 599 g/mol. The van der Waals surface area contributed by atoms with Gasteiger partial charge in [-0.25, -0.2) is 0 Å². The highest BCUT2D eigenvalue weighted by Crippen LogP contribution is 2.34. The summed E-state index contributed by atoms with van der Waals surface area (Å²) < 4.78 is 12.6. The van der Waals surface area contributed by atoms with E-state index in [0.717, 1.165) is 14.7 Å². The monoisotopic (exact) mass is 598 g/mol. The van der Waals surface area contributed by atoms with E-state index in [1.807, 2.05) is 43.3 Å². The van der Waals surface area contributed by atoms with Gasteiger partial charge in [-0.2, -0.15) is 0 Å². The van der Waals surface area contributed by atoms with Gasteiger partial charge in [-0.05, 0) is 83.6 Å². The molecule has 0 aromatic heterocycles. The van der Waals surface area contributed by atoms with Gasteiger partial charge in [0.25, 0.3) is 5.91 Å². The highest BCUT2D eigenvalue weighted by molar-refractivity contribution is 14.1. The van der Waals surface area contributed by atoms with Gasteiger partial charge in [-0.15, -0.1) is 0 Å². The summed E-state index contributed by atoms with van der Waals surface area (Å²) in [6.45, 7) is 2.54. The molecule has 0 saturated carbocycles. The third-order valence-electron chi connectivity index (χ3n) is 4.23. The van der Waals surface area contributed by atoms with Crippen LogP contribution in [-0.4, -0.2) is 25.3 Å². The van der Waals surface area contributed by atoms with Gasteiger partial charge in [-0.1, -0.05) is 40.5 Å². The standard InChI is InChI=1S/C24H21Cl2IN2O4/c1-2-31-22-12-17(11-21(27)24(22)32-14-16-3-5-18(25)6-4-16)13-28-33-15-23(30)29-20-9-7-19(26)8-10-20/h3-13H,2,14-15H2,1H3,(H,29,30)/b28-13+. The molecule has 1 amide bonds. The van der Waals surface area contributed by atoms with Crippen molar-refractivity contribution in [2.75, 3.05) is 18.5 Å². The smallest absolute Gasteiger partial charge is 0.265 e. The molecule has 0 fully saturated rings. The van der Waals surface area contributed by atoms with Crippen LogP contribution in [0, 0.1) is 3.57 Å². The zero-order valence-corrected chi connectivity index (χ0v) is 21.4. The van der Waals surface area contributed by atoms with Crippen molar-refractivity contribution in [3.05, 3.63) is 85.4 Å². The SMILES string of the molecule is CCOc1cc(/C=N/OCC(=O)Nc2ccc(Cl)cc2)cc(I)c1OCc1ccc(Cl)cc1. The number of oxime groups is 1. The van der Waals surface area contributed by atoms with Crippen molar-refractivity contribution in [2.45, 2.75) is 13.5 Å². The molecule has 6 nitrogen and oxygen atoms in total. The highest BCUT2D eigenvalue weighted by Gasteiger charge is 2.12. The topological polar surface area (TPSA) is 69.2 Å². The molecule has 0 heterocycles. The van der Waals surface area contributed by atoms with Gasteiger partial charge in [0.15, 0.2) is 18.1 Å². The average Bonchev–Trinajstić information content (AvgIpc) is 2.79. The summed E-state index contributed by atoms with van der Waals surface area (Å²) in [6.07, 6.45) is 1.52. The highest BCUT2D eigenvalue weighted by atomic mass is 127. The van der Waals surface area contributed by atoms with Gasteiger partial charge in [0.05, 0.1) is 16.4 Å². The Kier molecular flexibility index (Phi) is 9.65. The number of nitrogens with zero attached hydrogens (tertiary/aromatic N) is 1. The van der Waals surface area contributed by atoms with E-state index in [2.05, 4.69) is 33.1 Å². The lowest BCUT2D eigenvalue weighted by molar-refractivity contribution is -0.120.